The standard InChI is InChI=1S/C35H44O9S/c1-3-42-25-26-22-29(27-14-16-31(17-15-27)45(2,40)41)24-30(23-26)43-20-7-5-4-6-10-28-11-8-12-33(32(28)18-19-35(38)39)44-21-9-13-34(36)37/h8,11-12,14-17,22-24H,3-7,9-10,13,18-21,25H2,1-2H3,(H,36,37)(H,38,39). The minimum absolute atomic E-state index is 0.000714. The molecule has 3 aromatic rings. The van der Waals surface area contributed by atoms with E-state index in [1.807, 2.05) is 43.3 Å². The van der Waals surface area contributed by atoms with Crippen LogP contribution in [0, 0.1) is 0 Å². The monoisotopic (exact) mass is 640 g/mol. The van der Waals surface area contributed by atoms with Crippen LogP contribution in [-0.2, 0) is 43.6 Å². The molecular formula is C35H44O9S. The van der Waals surface area contributed by atoms with Gasteiger partial charge in [0.25, 0.3) is 0 Å². The van der Waals surface area contributed by atoms with Gasteiger partial charge in [0.2, 0.25) is 0 Å². The molecule has 0 fully saturated rings. The van der Waals surface area contributed by atoms with E-state index in [1.165, 1.54) is 6.26 Å². The van der Waals surface area contributed by atoms with E-state index < -0.39 is 21.8 Å². The van der Waals surface area contributed by atoms with Crippen molar-refractivity contribution < 1.29 is 42.4 Å². The smallest absolute Gasteiger partial charge is 0.303 e. The molecule has 244 valence electrons. The summed E-state index contributed by atoms with van der Waals surface area (Å²) in [4.78, 5) is 22.3. The summed E-state index contributed by atoms with van der Waals surface area (Å²) in [5.74, 6) is -0.382. The van der Waals surface area contributed by atoms with Crippen LogP contribution in [0.3, 0.4) is 0 Å². The minimum atomic E-state index is -3.27. The first-order valence-electron chi connectivity index (χ1n) is 15.4. The van der Waals surface area contributed by atoms with Crippen LogP contribution in [-0.4, -0.2) is 56.6 Å². The molecule has 3 aromatic carbocycles. The number of carbonyl (C=O) groups is 2. The predicted molar refractivity (Wildman–Crippen MR) is 173 cm³/mol. The van der Waals surface area contributed by atoms with Crippen molar-refractivity contribution in [1.29, 1.82) is 0 Å². The normalized spacial score (nSPS) is 11.3. The van der Waals surface area contributed by atoms with Crippen LogP contribution >= 0.6 is 0 Å². The Morgan fingerprint density at radius 3 is 2.16 bits per heavy atom. The topological polar surface area (TPSA) is 136 Å². The summed E-state index contributed by atoms with van der Waals surface area (Å²) in [6.45, 7) is 3.80. The molecule has 0 heterocycles. The van der Waals surface area contributed by atoms with Crippen LogP contribution in [0.25, 0.3) is 11.1 Å². The second-order valence-corrected chi connectivity index (χ2v) is 13.0. The third kappa shape index (κ3) is 12.6. The highest BCUT2D eigenvalue weighted by Gasteiger charge is 2.13. The SMILES string of the molecule is CCOCc1cc(OCCCCCCc2cccc(OCCCC(=O)O)c2CCC(=O)O)cc(-c2ccc(S(C)(=O)=O)cc2)c1. The molecule has 3 rings (SSSR count). The lowest BCUT2D eigenvalue weighted by Gasteiger charge is -2.15. The van der Waals surface area contributed by atoms with Gasteiger partial charge in [-0.25, -0.2) is 8.42 Å². The zero-order valence-electron chi connectivity index (χ0n) is 26.1. The Morgan fingerprint density at radius 2 is 1.47 bits per heavy atom. The quantitative estimate of drug-likeness (QED) is 0.121. The van der Waals surface area contributed by atoms with Gasteiger partial charge in [0.05, 0.1) is 24.7 Å². The fourth-order valence-electron chi connectivity index (χ4n) is 4.97. The van der Waals surface area contributed by atoms with E-state index in [9.17, 15) is 23.1 Å². The number of hydrogen-bond donors (Lipinski definition) is 2. The maximum atomic E-state index is 11.9. The van der Waals surface area contributed by atoms with Crippen molar-refractivity contribution in [3.63, 3.8) is 0 Å². The maximum Gasteiger partial charge on any atom is 0.303 e. The van der Waals surface area contributed by atoms with Crippen LogP contribution in [0.15, 0.2) is 65.6 Å². The molecule has 0 atom stereocenters. The second kappa shape index (κ2) is 18.2. The number of benzene rings is 3. The van der Waals surface area contributed by atoms with E-state index in [0.29, 0.717) is 38.4 Å². The zero-order valence-corrected chi connectivity index (χ0v) is 26.9. The fourth-order valence-corrected chi connectivity index (χ4v) is 5.60. The van der Waals surface area contributed by atoms with E-state index in [2.05, 4.69) is 0 Å². The molecule has 0 aliphatic rings. The Morgan fingerprint density at radius 1 is 0.756 bits per heavy atom. The zero-order chi connectivity index (χ0) is 32.7. The molecule has 10 heteroatoms. The van der Waals surface area contributed by atoms with Gasteiger partial charge in [0.1, 0.15) is 11.5 Å². The molecule has 0 saturated carbocycles. The van der Waals surface area contributed by atoms with Gasteiger partial charge in [-0.15, -0.1) is 0 Å². The Hall–Kier alpha value is -3.89. The summed E-state index contributed by atoms with van der Waals surface area (Å²) >= 11 is 0. The summed E-state index contributed by atoms with van der Waals surface area (Å²) in [6.07, 6.45) is 6.50. The van der Waals surface area contributed by atoms with Gasteiger partial charge in [0, 0.05) is 25.7 Å². The fraction of sp³-hybridized carbons (Fsp3) is 0.429. The Kier molecular flexibility index (Phi) is 14.4. The summed E-state index contributed by atoms with van der Waals surface area (Å²) in [5, 5.41) is 18.1. The molecule has 2 N–H and O–H groups in total. The van der Waals surface area contributed by atoms with Crippen LogP contribution in [0.4, 0.5) is 0 Å². The van der Waals surface area contributed by atoms with Crippen LogP contribution in [0.5, 0.6) is 11.5 Å². The van der Waals surface area contributed by atoms with Gasteiger partial charge in [-0.2, -0.15) is 0 Å². The molecule has 0 spiro atoms. The largest absolute Gasteiger partial charge is 0.494 e. The lowest BCUT2D eigenvalue weighted by atomic mass is 9.97. The Balaban J connectivity index is 1.54. The van der Waals surface area contributed by atoms with Crippen LogP contribution < -0.4 is 9.47 Å². The second-order valence-electron chi connectivity index (χ2n) is 10.9. The molecule has 0 bridgehead atoms. The highest BCUT2D eigenvalue weighted by molar-refractivity contribution is 7.90. The Bertz CT molecular complexity index is 1500. The number of unbranched alkanes of at least 4 members (excludes halogenated alkanes) is 3. The minimum Gasteiger partial charge on any atom is -0.494 e. The summed E-state index contributed by atoms with van der Waals surface area (Å²) < 4.78 is 41.3. The van der Waals surface area contributed by atoms with Crippen molar-refractivity contribution in [1.82, 2.24) is 0 Å². The number of aliphatic carboxylic acids is 2. The number of hydrogen-bond acceptors (Lipinski definition) is 7. The van der Waals surface area contributed by atoms with E-state index in [1.54, 1.807) is 24.3 Å². The van der Waals surface area contributed by atoms with Gasteiger partial charge in [-0.1, -0.05) is 37.1 Å². The molecule has 9 nitrogen and oxygen atoms in total. The summed E-state index contributed by atoms with van der Waals surface area (Å²) in [6, 6.07) is 18.5. The molecule has 0 amide bonds. The number of ether oxygens (including phenoxy) is 3. The van der Waals surface area contributed by atoms with Gasteiger partial charge < -0.3 is 24.4 Å². The lowest BCUT2D eigenvalue weighted by molar-refractivity contribution is -0.138. The summed E-state index contributed by atoms with van der Waals surface area (Å²) in [5.41, 5.74) is 4.74. The van der Waals surface area contributed by atoms with Gasteiger partial charge >= 0.3 is 11.9 Å². The molecule has 0 unspecified atom stereocenters. The first kappa shape index (κ1) is 35.6. The van der Waals surface area contributed by atoms with Crippen molar-refractivity contribution in [2.45, 2.75) is 76.2 Å². The van der Waals surface area contributed by atoms with Crippen molar-refractivity contribution in [2.24, 2.45) is 0 Å². The molecule has 0 aliphatic carbocycles. The average Bonchev–Trinajstić information content (AvgIpc) is 3.00. The van der Waals surface area contributed by atoms with Gasteiger partial charge in [-0.05, 0) is 103 Å². The number of rotatable bonds is 21. The Labute approximate surface area is 266 Å². The third-order valence-corrected chi connectivity index (χ3v) is 8.40. The highest BCUT2D eigenvalue weighted by atomic mass is 32.2. The van der Waals surface area contributed by atoms with E-state index in [0.717, 1.165) is 65.7 Å². The number of aryl methyl sites for hydroxylation is 1. The molecule has 0 saturated heterocycles. The van der Waals surface area contributed by atoms with Crippen LogP contribution in [0.1, 0.15) is 68.6 Å². The number of carboxylic acid groups (broad SMARTS) is 2. The average molecular weight is 641 g/mol. The first-order valence-corrected chi connectivity index (χ1v) is 17.3. The van der Waals surface area contributed by atoms with Crippen LogP contribution in [0.2, 0.25) is 0 Å². The predicted octanol–water partition coefficient (Wildman–Crippen LogP) is 6.74. The van der Waals surface area contributed by atoms with E-state index in [-0.39, 0.29) is 24.3 Å². The van der Waals surface area contributed by atoms with Crippen molar-refractivity contribution >= 4 is 21.8 Å². The highest BCUT2D eigenvalue weighted by Crippen LogP contribution is 2.29. The third-order valence-electron chi connectivity index (χ3n) is 7.28. The molecule has 45 heavy (non-hydrogen) atoms. The van der Waals surface area contributed by atoms with Crippen molar-refractivity contribution in [3.05, 3.63) is 77.4 Å². The number of carboxylic acids is 2. The summed E-state index contributed by atoms with van der Waals surface area (Å²) in [7, 11) is -3.27. The molecular weight excluding hydrogens is 596 g/mol. The van der Waals surface area contributed by atoms with E-state index in [4.69, 9.17) is 19.3 Å². The lowest BCUT2D eigenvalue weighted by Crippen LogP contribution is -2.07. The first-order chi connectivity index (χ1) is 21.6. The maximum absolute atomic E-state index is 11.9. The van der Waals surface area contributed by atoms with Crippen molar-refractivity contribution in [3.8, 4) is 22.6 Å². The number of sulfone groups is 1. The molecule has 0 aromatic heterocycles. The van der Waals surface area contributed by atoms with Gasteiger partial charge in [0.15, 0.2) is 9.84 Å². The van der Waals surface area contributed by atoms with E-state index >= 15 is 0 Å². The molecule has 0 radical (unpaired) electrons. The van der Waals surface area contributed by atoms with Gasteiger partial charge in [-0.3, -0.25) is 9.59 Å². The molecule has 0 aliphatic heterocycles. The van der Waals surface area contributed by atoms with Crippen molar-refractivity contribution in [2.75, 3.05) is 26.1 Å².